The molecule has 1 heterocycles. The van der Waals surface area contributed by atoms with Crippen molar-refractivity contribution in [2.75, 3.05) is 25.8 Å². The lowest BCUT2D eigenvalue weighted by Gasteiger charge is -2.13. The summed E-state index contributed by atoms with van der Waals surface area (Å²) in [6, 6.07) is 14.6. The number of benzene rings is 2. The van der Waals surface area contributed by atoms with Gasteiger partial charge in [-0.25, -0.2) is 0 Å². The van der Waals surface area contributed by atoms with E-state index >= 15 is 0 Å². The summed E-state index contributed by atoms with van der Waals surface area (Å²) in [4.78, 5) is 2.10. The van der Waals surface area contributed by atoms with Crippen LogP contribution in [0.5, 0.6) is 11.5 Å². The number of halogens is 1. The van der Waals surface area contributed by atoms with E-state index in [1.54, 1.807) is 0 Å². The lowest BCUT2D eigenvalue weighted by Crippen LogP contribution is -3.00. The molecule has 0 saturated carbocycles. The van der Waals surface area contributed by atoms with Gasteiger partial charge in [-0.15, -0.1) is 0 Å². The lowest BCUT2D eigenvalue weighted by atomic mass is 10.1. The van der Waals surface area contributed by atoms with Crippen LogP contribution in [0.15, 0.2) is 42.5 Å². The molecule has 0 radical (unpaired) electrons. The van der Waals surface area contributed by atoms with Gasteiger partial charge in [0.2, 0.25) is 6.79 Å². The van der Waals surface area contributed by atoms with E-state index in [-0.39, 0.29) is 12.4 Å². The minimum absolute atomic E-state index is 0. The molecule has 5 heteroatoms. The molecule has 0 amide bonds. The molecule has 22 heavy (non-hydrogen) atoms. The lowest BCUT2D eigenvalue weighted by molar-refractivity contribution is -0.00000589. The van der Waals surface area contributed by atoms with Gasteiger partial charge in [-0.1, -0.05) is 18.2 Å². The first-order valence-corrected chi connectivity index (χ1v) is 7.08. The van der Waals surface area contributed by atoms with Crippen LogP contribution in [0, 0.1) is 0 Å². The number of nitrogens with zero attached hydrogens (tertiary/aromatic N) is 1. The highest BCUT2D eigenvalue weighted by molar-refractivity contribution is 5.46. The Morgan fingerprint density at radius 3 is 2.27 bits per heavy atom. The van der Waals surface area contributed by atoms with Crippen molar-refractivity contribution in [3.63, 3.8) is 0 Å². The smallest absolute Gasteiger partial charge is 0.231 e. The maximum Gasteiger partial charge on any atom is 0.231 e. The third-order valence-corrected chi connectivity index (χ3v) is 3.55. The molecule has 0 unspecified atom stereocenters. The van der Waals surface area contributed by atoms with Crippen molar-refractivity contribution >= 4 is 5.69 Å². The van der Waals surface area contributed by atoms with E-state index in [0.29, 0.717) is 6.79 Å². The summed E-state index contributed by atoms with van der Waals surface area (Å²) in [5, 5.41) is 3.45. The molecule has 0 aliphatic carbocycles. The van der Waals surface area contributed by atoms with Gasteiger partial charge in [0.25, 0.3) is 0 Å². The van der Waals surface area contributed by atoms with Crippen LogP contribution < -0.4 is 32.1 Å². The van der Waals surface area contributed by atoms with Crippen molar-refractivity contribution in [1.82, 2.24) is 5.32 Å². The van der Waals surface area contributed by atoms with Gasteiger partial charge in [0.1, 0.15) is 0 Å². The second-order valence-corrected chi connectivity index (χ2v) is 5.35. The van der Waals surface area contributed by atoms with Crippen LogP contribution in [0.4, 0.5) is 5.69 Å². The van der Waals surface area contributed by atoms with Gasteiger partial charge in [0, 0.05) is 32.9 Å². The number of anilines is 1. The Kier molecular flexibility index (Phi) is 5.52. The highest BCUT2D eigenvalue weighted by Gasteiger charge is 2.12. The highest BCUT2D eigenvalue weighted by atomic mass is 35.5. The molecule has 0 bridgehead atoms. The summed E-state index contributed by atoms with van der Waals surface area (Å²) in [5.74, 6) is 1.67. The minimum atomic E-state index is 0. The third kappa shape index (κ3) is 3.84. The average molecular weight is 320 g/mol. The molecule has 1 N–H and O–H groups in total. The van der Waals surface area contributed by atoms with Gasteiger partial charge < -0.3 is 32.1 Å². The SMILES string of the molecule is CN(C)c1ccc(CNCc2ccc3c(c2)OCO3)cc1.[Cl-]. The summed E-state index contributed by atoms with van der Waals surface area (Å²) in [6.45, 7) is 1.98. The molecular formula is C17H20ClN2O2-. The molecule has 0 fully saturated rings. The zero-order valence-corrected chi connectivity index (χ0v) is 13.6. The molecule has 4 nitrogen and oxygen atoms in total. The van der Waals surface area contributed by atoms with Gasteiger partial charge >= 0.3 is 0 Å². The van der Waals surface area contributed by atoms with Crippen molar-refractivity contribution in [1.29, 1.82) is 0 Å². The predicted molar refractivity (Wildman–Crippen MR) is 83.9 cm³/mol. The first kappa shape index (κ1) is 16.5. The van der Waals surface area contributed by atoms with E-state index < -0.39 is 0 Å². The predicted octanol–water partition coefficient (Wildman–Crippen LogP) is -0.225. The summed E-state index contributed by atoms with van der Waals surface area (Å²) < 4.78 is 10.7. The van der Waals surface area contributed by atoms with Gasteiger partial charge in [0.05, 0.1) is 0 Å². The van der Waals surface area contributed by atoms with E-state index in [0.717, 1.165) is 24.6 Å². The number of nitrogens with one attached hydrogen (secondary N) is 1. The van der Waals surface area contributed by atoms with E-state index in [9.17, 15) is 0 Å². The van der Waals surface area contributed by atoms with Crippen LogP contribution in [0.2, 0.25) is 0 Å². The van der Waals surface area contributed by atoms with Crippen molar-refractivity contribution in [3.8, 4) is 11.5 Å². The minimum Gasteiger partial charge on any atom is -1.00 e. The monoisotopic (exact) mass is 319 g/mol. The Bertz CT molecular complexity index is 615. The first-order chi connectivity index (χ1) is 10.2. The first-order valence-electron chi connectivity index (χ1n) is 7.08. The van der Waals surface area contributed by atoms with E-state index in [1.165, 1.54) is 16.8 Å². The Morgan fingerprint density at radius 1 is 0.909 bits per heavy atom. The highest BCUT2D eigenvalue weighted by Crippen LogP contribution is 2.32. The van der Waals surface area contributed by atoms with Crippen LogP contribution in [0.1, 0.15) is 11.1 Å². The normalized spacial score (nSPS) is 11.9. The Hall–Kier alpha value is -1.91. The second kappa shape index (κ2) is 7.38. The summed E-state index contributed by atoms with van der Waals surface area (Å²) in [6.07, 6.45) is 0. The Labute approximate surface area is 137 Å². The van der Waals surface area contributed by atoms with Crippen LogP contribution in [-0.4, -0.2) is 20.9 Å². The van der Waals surface area contributed by atoms with Crippen molar-refractivity contribution in [2.24, 2.45) is 0 Å². The molecule has 1 aliphatic heterocycles. The zero-order chi connectivity index (χ0) is 14.7. The second-order valence-electron chi connectivity index (χ2n) is 5.35. The summed E-state index contributed by atoms with van der Waals surface area (Å²) in [5.41, 5.74) is 3.69. The van der Waals surface area contributed by atoms with Gasteiger partial charge in [-0.2, -0.15) is 0 Å². The number of fused-ring (bicyclic) bond motifs is 1. The molecule has 3 rings (SSSR count). The fourth-order valence-corrected chi connectivity index (χ4v) is 2.31. The maximum atomic E-state index is 5.38. The molecule has 0 saturated heterocycles. The summed E-state index contributed by atoms with van der Waals surface area (Å²) >= 11 is 0. The van der Waals surface area contributed by atoms with Crippen LogP contribution in [0.25, 0.3) is 0 Å². The quantitative estimate of drug-likeness (QED) is 0.826. The Balaban J connectivity index is 0.00000176. The zero-order valence-electron chi connectivity index (χ0n) is 12.8. The van der Waals surface area contributed by atoms with Crippen molar-refractivity contribution in [2.45, 2.75) is 13.1 Å². The summed E-state index contributed by atoms with van der Waals surface area (Å²) in [7, 11) is 4.10. The van der Waals surface area contributed by atoms with Crippen molar-refractivity contribution in [3.05, 3.63) is 53.6 Å². The maximum absolute atomic E-state index is 5.38. The molecule has 0 spiro atoms. The number of ether oxygens (including phenoxy) is 2. The molecule has 0 atom stereocenters. The topological polar surface area (TPSA) is 33.7 Å². The molecule has 2 aromatic carbocycles. The molecule has 2 aromatic rings. The molecule has 0 aromatic heterocycles. The van der Waals surface area contributed by atoms with Crippen LogP contribution >= 0.6 is 0 Å². The largest absolute Gasteiger partial charge is 1.00 e. The van der Waals surface area contributed by atoms with E-state index in [1.807, 2.05) is 26.2 Å². The van der Waals surface area contributed by atoms with Crippen LogP contribution in [-0.2, 0) is 13.1 Å². The van der Waals surface area contributed by atoms with Gasteiger partial charge in [-0.3, -0.25) is 0 Å². The number of rotatable bonds is 5. The van der Waals surface area contributed by atoms with Gasteiger partial charge in [0.15, 0.2) is 11.5 Å². The fraction of sp³-hybridized carbons (Fsp3) is 0.294. The molecule has 1 aliphatic rings. The number of hydrogen-bond donors (Lipinski definition) is 1. The fourth-order valence-electron chi connectivity index (χ4n) is 2.31. The third-order valence-electron chi connectivity index (χ3n) is 3.55. The molecular weight excluding hydrogens is 300 g/mol. The Morgan fingerprint density at radius 2 is 1.55 bits per heavy atom. The van der Waals surface area contributed by atoms with Gasteiger partial charge in [-0.05, 0) is 35.4 Å². The van der Waals surface area contributed by atoms with E-state index in [4.69, 9.17) is 9.47 Å². The molecule has 118 valence electrons. The van der Waals surface area contributed by atoms with Crippen LogP contribution in [0.3, 0.4) is 0 Å². The van der Waals surface area contributed by atoms with E-state index in [2.05, 4.69) is 40.5 Å². The average Bonchev–Trinajstić information content (AvgIpc) is 2.95. The number of hydrogen-bond acceptors (Lipinski definition) is 4. The van der Waals surface area contributed by atoms with Crippen molar-refractivity contribution < 1.29 is 21.9 Å². The standard InChI is InChI=1S/C17H20N2O2.ClH/c1-19(2)15-6-3-13(4-7-15)10-18-11-14-5-8-16-17(9-14)21-12-20-16;/h3-9,18H,10-12H2,1-2H3;1H/p-1.